The van der Waals surface area contributed by atoms with Gasteiger partial charge in [-0.1, -0.05) is 31.4 Å². The first-order valence-electron chi connectivity index (χ1n) is 9.81. The summed E-state index contributed by atoms with van der Waals surface area (Å²) in [5.74, 6) is -0.803. The van der Waals surface area contributed by atoms with E-state index in [-0.39, 0.29) is 16.6 Å². The number of hydrogen-bond donors (Lipinski definition) is 2. The Kier molecular flexibility index (Phi) is 9.05. The second-order valence-corrected chi connectivity index (χ2v) is 7.05. The van der Waals surface area contributed by atoms with Gasteiger partial charge < -0.3 is 19.5 Å². The molecule has 1 aliphatic rings. The van der Waals surface area contributed by atoms with Gasteiger partial charge >= 0.3 is 12.0 Å². The van der Waals surface area contributed by atoms with Crippen LogP contribution in [0, 0.1) is 0 Å². The summed E-state index contributed by atoms with van der Waals surface area (Å²) in [6.07, 6.45) is 4.71. The molecule has 9 heteroatoms. The SMILES string of the molecule is CCCOc1c(Cl)cc(C(=O)OCC(=O)NC(=O)NC2CCCC2)cc1OCC. The third-order valence-electron chi connectivity index (χ3n) is 4.27. The van der Waals surface area contributed by atoms with Gasteiger partial charge in [0.15, 0.2) is 18.1 Å². The Hall–Kier alpha value is -2.48. The van der Waals surface area contributed by atoms with E-state index < -0.39 is 24.5 Å². The number of nitrogens with one attached hydrogen (secondary N) is 2. The summed E-state index contributed by atoms with van der Waals surface area (Å²) >= 11 is 6.22. The fourth-order valence-corrected chi connectivity index (χ4v) is 3.23. The molecule has 0 radical (unpaired) electrons. The van der Waals surface area contributed by atoms with E-state index in [4.69, 9.17) is 25.8 Å². The molecular formula is C20H27ClN2O6. The van der Waals surface area contributed by atoms with Crippen molar-refractivity contribution in [2.24, 2.45) is 0 Å². The Morgan fingerprint density at radius 2 is 1.86 bits per heavy atom. The number of rotatable bonds is 9. The van der Waals surface area contributed by atoms with Gasteiger partial charge in [-0.25, -0.2) is 9.59 Å². The van der Waals surface area contributed by atoms with Crippen molar-refractivity contribution in [3.63, 3.8) is 0 Å². The number of carbonyl (C=O) groups is 3. The lowest BCUT2D eigenvalue weighted by atomic mass is 10.2. The van der Waals surface area contributed by atoms with Gasteiger partial charge in [-0.2, -0.15) is 0 Å². The maximum absolute atomic E-state index is 12.3. The molecule has 1 saturated carbocycles. The molecule has 0 unspecified atom stereocenters. The average molecular weight is 427 g/mol. The molecule has 1 aliphatic carbocycles. The third kappa shape index (κ3) is 7.12. The minimum Gasteiger partial charge on any atom is -0.490 e. The number of esters is 1. The Morgan fingerprint density at radius 3 is 2.52 bits per heavy atom. The van der Waals surface area contributed by atoms with Crippen molar-refractivity contribution in [2.75, 3.05) is 19.8 Å². The zero-order valence-electron chi connectivity index (χ0n) is 16.7. The predicted molar refractivity (Wildman–Crippen MR) is 108 cm³/mol. The highest BCUT2D eigenvalue weighted by Crippen LogP contribution is 2.37. The van der Waals surface area contributed by atoms with Gasteiger partial charge in [0.05, 0.1) is 23.8 Å². The lowest BCUT2D eigenvalue weighted by Gasteiger charge is -2.15. The first kappa shape index (κ1) is 22.8. The van der Waals surface area contributed by atoms with Crippen LogP contribution >= 0.6 is 11.6 Å². The number of hydrogen-bond acceptors (Lipinski definition) is 6. The van der Waals surface area contributed by atoms with Crippen molar-refractivity contribution in [1.82, 2.24) is 10.6 Å². The molecule has 0 spiro atoms. The Balaban J connectivity index is 1.91. The lowest BCUT2D eigenvalue weighted by molar-refractivity contribution is -0.123. The first-order valence-corrected chi connectivity index (χ1v) is 10.2. The summed E-state index contributed by atoms with van der Waals surface area (Å²) in [4.78, 5) is 35.9. The minimum atomic E-state index is -0.763. The molecule has 0 aliphatic heterocycles. The van der Waals surface area contributed by atoms with Crippen molar-refractivity contribution in [3.05, 3.63) is 22.7 Å². The van der Waals surface area contributed by atoms with E-state index in [1.807, 2.05) is 6.92 Å². The topological polar surface area (TPSA) is 103 Å². The predicted octanol–water partition coefficient (Wildman–Crippen LogP) is 3.45. The smallest absolute Gasteiger partial charge is 0.338 e. The van der Waals surface area contributed by atoms with E-state index in [1.54, 1.807) is 6.92 Å². The van der Waals surface area contributed by atoms with Crippen LogP contribution in [0.5, 0.6) is 11.5 Å². The molecule has 2 rings (SSSR count). The molecule has 160 valence electrons. The summed E-state index contributed by atoms with van der Waals surface area (Å²) in [5, 5.41) is 5.08. The van der Waals surface area contributed by atoms with E-state index in [9.17, 15) is 14.4 Å². The van der Waals surface area contributed by atoms with E-state index in [0.717, 1.165) is 32.1 Å². The molecule has 3 amide bonds. The molecule has 1 fully saturated rings. The molecule has 29 heavy (non-hydrogen) atoms. The van der Waals surface area contributed by atoms with Crippen LogP contribution in [-0.2, 0) is 9.53 Å². The molecule has 0 bridgehead atoms. The standard InChI is InChI=1S/C20H27ClN2O6/c1-3-9-28-18-15(21)10-13(11-16(18)27-4-2)19(25)29-12-17(24)23-20(26)22-14-7-5-6-8-14/h10-11,14H,3-9,12H2,1-2H3,(H2,22,23,24,26). The Labute approximate surface area is 175 Å². The Morgan fingerprint density at radius 1 is 1.14 bits per heavy atom. The summed E-state index contributed by atoms with van der Waals surface area (Å²) in [6, 6.07) is 2.34. The fourth-order valence-electron chi connectivity index (χ4n) is 2.96. The van der Waals surface area contributed by atoms with Crippen LogP contribution in [0.25, 0.3) is 0 Å². The highest BCUT2D eigenvalue weighted by Gasteiger charge is 2.20. The van der Waals surface area contributed by atoms with Crippen LogP contribution in [0.3, 0.4) is 0 Å². The average Bonchev–Trinajstić information content (AvgIpc) is 3.18. The number of benzene rings is 1. The fraction of sp³-hybridized carbons (Fsp3) is 0.550. The van der Waals surface area contributed by atoms with Crippen molar-refractivity contribution in [3.8, 4) is 11.5 Å². The summed E-state index contributed by atoms with van der Waals surface area (Å²) < 4.78 is 16.1. The summed E-state index contributed by atoms with van der Waals surface area (Å²) in [7, 11) is 0. The number of amides is 3. The van der Waals surface area contributed by atoms with E-state index in [0.29, 0.717) is 24.7 Å². The van der Waals surface area contributed by atoms with Crippen LogP contribution in [0.1, 0.15) is 56.3 Å². The zero-order chi connectivity index (χ0) is 21.2. The largest absolute Gasteiger partial charge is 0.490 e. The van der Waals surface area contributed by atoms with E-state index in [2.05, 4.69) is 10.6 Å². The second-order valence-electron chi connectivity index (χ2n) is 6.65. The van der Waals surface area contributed by atoms with E-state index in [1.165, 1.54) is 12.1 Å². The van der Waals surface area contributed by atoms with E-state index >= 15 is 0 Å². The lowest BCUT2D eigenvalue weighted by Crippen LogP contribution is -2.44. The van der Waals surface area contributed by atoms with Gasteiger partial charge in [0.2, 0.25) is 0 Å². The van der Waals surface area contributed by atoms with Crippen molar-refractivity contribution < 1.29 is 28.6 Å². The second kappa shape index (κ2) is 11.5. The van der Waals surface area contributed by atoms with Crippen LogP contribution < -0.4 is 20.1 Å². The number of halogens is 1. The van der Waals surface area contributed by atoms with Gasteiger partial charge in [-0.3, -0.25) is 10.1 Å². The summed E-state index contributed by atoms with van der Waals surface area (Å²) in [5.41, 5.74) is 0.116. The van der Waals surface area contributed by atoms with Crippen LogP contribution in [0.15, 0.2) is 12.1 Å². The van der Waals surface area contributed by atoms with Crippen LogP contribution in [-0.4, -0.2) is 43.8 Å². The Bertz CT molecular complexity index is 734. The molecule has 0 heterocycles. The normalized spacial score (nSPS) is 13.6. The molecule has 2 N–H and O–H groups in total. The molecular weight excluding hydrogens is 400 g/mol. The van der Waals surface area contributed by atoms with Crippen molar-refractivity contribution in [2.45, 2.75) is 52.0 Å². The van der Waals surface area contributed by atoms with Gasteiger partial charge in [0.1, 0.15) is 0 Å². The maximum Gasteiger partial charge on any atom is 0.338 e. The van der Waals surface area contributed by atoms with Crippen LogP contribution in [0.2, 0.25) is 5.02 Å². The van der Waals surface area contributed by atoms with Crippen molar-refractivity contribution >= 4 is 29.5 Å². The molecule has 0 saturated heterocycles. The minimum absolute atomic E-state index is 0.0814. The zero-order valence-corrected chi connectivity index (χ0v) is 17.5. The van der Waals surface area contributed by atoms with Gasteiger partial charge in [0, 0.05) is 6.04 Å². The maximum atomic E-state index is 12.3. The van der Waals surface area contributed by atoms with Gasteiger partial charge in [-0.15, -0.1) is 0 Å². The van der Waals surface area contributed by atoms with Gasteiger partial charge in [-0.05, 0) is 38.3 Å². The molecule has 1 aromatic rings. The number of urea groups is 1. The number of imide groups is 1. The summed E-state index contributed by atoms with van der Waals surface area (Å²) in [6.45, 7) is 3.97. The monoisotopic (exact) mass is 426 g/mol. The highest BCUT2D eigenvalue weighted by atomic mass is 35.5. The van der Waals surface area contributed by atoms with Gasteiger partial charge in [0.25, 0.3) is 5.91 Å². The molecule has 0 atom stereocenters. The molecule has 8 nitrogen and oxygen atoms in total. The van der Waals surface area contributed by atoms with Crippen molar-refractivity contribution in [1.29, 1.82) is 0 Å². The highest BCUT2D eigenvalue weighted by molar-refractivity contribution is 6.32. The third-order valence-corrected chi connectivity index (χ3v) is 4.55. The van der Waals surface area contributed by atoms with Crippen LogP contribution in [0.4, 0.5) is 4.79 Å². The molecule has 1 aromatic carbocycles. The first-order chi connectivity index (χ1) is 13.9. The quantitative estimate of drug-likeness (QED) is 0.586. The number of ether oxygens (including phenoxy) is 3. The number of carbonyl (C=O) groups excluding carboxylic acids is 3. The molecule has 0 aromatic heterocycles.